The molecule has 2 aromatic rings. The average molecular weight is 386 g/mol. The zero-order chi connectivity index (χ0) is 19.3. The van der Waals surface area contributed by atoms with Crippen LogP contribution in [0.5, 0.6) is 17.2 Å². The van der Waals surface area contributed by atoms with Crippen molar-refractivity contribution in [2.75, 3.05) is 33.4 Å². The predicted molar refractivity (Wildman–Crippen MR) is 103 cm³/mol. The molecule has 1 aromatic heterocycles. The highest BCUT2D eigenvalue weighted by atomic mass is 16.5. The summed E-state index contributed by atoms with van der Waals surface area (Å²) in [6, 6.07) is 7.55. The molecule has 3 heterocycles. The Morgan fingerprint density at radius 3 is 2.82 bits per heavy atom. The van der Waals surface area contributed by atoms with Crippen LogP contribution in [-0.4, -0.2) is 50.3 Å². The molecular formula is C21H26N2O5. The van der Waals surface area contributed by atoms with E-state index in [1.807, 2.05) is 17.0 Å². The highest BCUT2D eigenvalue weighted by Crippen LogP contribution is 2.36. The van der Waals surface area contributed by atoms with Gasteiger partial charge in [-0.3, -0.25) is 4.79 Å². The van der Waals surface area contributed by atoms with Crippen molar-refractivity contribution < 1.29 is 23.4 Å². The van der Waals surface area contributed by atoms with Gasteiger partial charge in [-0.05, 0) is 31.0 Å². The monoisotopic (exact) mass is 386 g/mol. The lowest BCUT2D eigenvalue weighted by atomic mass is 10.0. The smallest absolute Gasteiger partial charge is 0.289 e. The number of methoxy groups -OCH3 is 1. The summed E-state index contributed by atoms with van der Waals surface area (Å²) in [5.74, 6) is 2.60. The lowest BCUT2D eigenvalue weighted by Crippen LogP contribution is -2.47. The topological polar surface area (TPSA) is 73.2 Å². The summed E-state index contributed by atoms with van der Waals surface area (Å²) in [5, 5.41) is 3.56. The van der Waals surface area contributed by atoms with E-state index in [1.54, 1.807) is 19.2 Å². The van der Waals surface area contributed by atoms with Crippen molar-refractivity contribution in [2.45, 2.75) is 31.8 Å². The molecule has 2 aliphatic heterocycles. The molecule has 1 saturated heterocycles. The normalized spacial score (nSPS) is 19.2. The van der Waals surface area contributed by atoms with Gasteiger partial charge in [-0.25, -0.2) is 0 Å². The number of hydrogen-bond donors (Lipinski definition) is 1. The molecule has 28 heavy (non-hydrogen) atoms. The molecule has 4 rings (SSSR count). The van der Waals surface area contributed by atoms with Crippen LogP contribution in [0.15, 0.2) is 34.9 Å². The fourth-order valence-electron chi connectivity index (χ4n) is 3.70. The van der Waals surface area contributed by atoms with E-state index in [0.29, 0.717) is 32.1 Å². The Balaban J connectivity index is 1.41. The fourth-order valence-corrected chi connectivity index (χ4v) is 3.70. The first-order valence-electron chi connectivity index (χ1n) is 9.77. The maximum absolute atomic E-state index is 12.5. The number of nitrogens with one attached hydrogen (secondary N) is 1. The zero-order valence-corrected chi connectivity index (χ0v) is 16.1. The second kappa shape index (κ2) is 8.56. The molecule has 0 bridgehead atoms. The Kier molecular flexibility index (Phi) is 5.71. The predicted octanol–water partition coefficient (Wildman–Crippen LogP) is 2.84. The SMILES string of the molecule is COc1cc2c(cc1CNC1CCCN(C(=O)c3ccco3)C1)OCCCO2. The number of nitrogens with zero attached hydrogens (tertiary/aromatic N) is 1. The molecular weight excluding hydrogens is 360 g/mol. The molecule has 1 amide bonds. The minimum absolute atomic E-state index is 0.0512. The average Bonchev–Trinajstić information content (AvgIpc) is 3.17. The van der Waals surface area contributed by atoms with Crippen LogP contribution in [0, 0.1) is 0 Å². The van der Waals surface area contributed by atoms with Crippen LogP contribution in [0.2, 0.25) is 0 Å². The highest BCUT2D eigenvalue weighted by Gasteiger charge is 2.26. The molecule has 7 heteroatoms. The summed E-state index contributed by atoms with van der Waals surface area (Å²) >= 11 is 0. The van der Waals surface area contributed by atoms with Crippen LogP contribution < -0.4 is 19.5 Å². The van der Waals surface area contributed by atoms with Crippen molar-refractivity contribution in [3.63, 3.8) is 0 Å². The van der Waals surface area contributed by atoms with Crippen molar-refractivity contribution >= 4 is 5.91 Å². The van der Waals surface area contributed by atoms with Crippen molar-refractivity contribution in [1.29, 1.82) is 0 Å². The van der Waals surface area contributed by atoms with Gasteiger partial charge in [0.15, 0.2) is 17.3 Å². The second-order valence-electron chi connectivity index (χ2n) is 7.11. The second-order valence-corrected chi connectivity index (χ2v) is 7.11. The van der Waals surface area contributed by atoms with Gasteiger partial charge in [-0.15, -0.1) is 0 Å². The van der Waals surface area contributed by atoms with Gasteiger partial charge in [0.05, 0.1) is 26.6 Å². The van der Waals surface area contributed by atoms with Crippen molar-refractivity contribution in [3.05, 3.63) is 41.9 Å². The van der Waals surface area contributed by atoms with Crippen LogP contribution in [0.4, 0.5) is 0 Å². The number of furan rings is 1. The standard InChI is InChI=1S/C21H26N2O5/c1-25-18-12-20-19(27-9-4-10-28-20)11-15(18)13-22-16-5-2-7-23(14-16)21(24)17-6-3-8-26-17/h3,6,8,11-12,16,22H,2,4-5,7,9-10,13-14H2,1H3. The molecule has 0 radical (unpaired) electrons. The molecule has 0 saturated carbocycles. The number of fused-ring (bicyclic) bond motifs is 1. The molecule has 150 valence electrons. The highest BCUT2D eigenvalue weighted by molar-refractivity contribution is 5.91. The number of hydrogen-bond acceptors (Lipinski definition) is 6. The number of amides is 1. The minimum atomic E-state index is -0.0512. The first kappa shape index (κ1) is 18.7. The molecule has 0 spiro atoms. The summed E-state index contributed by atoms with van der Waals surface area (Å²) in [5.41, 5.74) is 1.02. The van der Waals surface area contributed by atoms with Gasteiger partial charge in [0.25, 0.3) is 5.91 Å². The Bertz CT molecular complexity index is 805. The first-order chi connectivity index (χ1) is 13.7. The molecule has 1 unspecified atom stereocenters. The van der Waals surface area contributed by atoms with Crippen molar-refractivity contribution in [1.82, 2.24) is 10.2 Å². The van der Waals surface area contributed by atoms with Gasteiger partial charge >= 0.3 is 0 Å². The number of benzene rings is 1. The van der Waals surface area contributed by atoms with E-state index in [1.165, 1.54) is 6.26 Å². The lowest BCUT2D eigenvalue weighted by Gasteiger charge is -2.33. The number of piperidine rings is 1. The number of carbonyl (C=O) groups excluding carboxylic acids is 1. The van der Waals surface area contributed by atoms with Crippen LogP contribution in [-0.2, 0) is 6.54 Å². The molecule has 2 aliphatic rings. The third-order valence-electron chi connectivity index (χ3n) is 5.17. The molecule has 0 aliphatic carbocycles. The van der Waals surface area contributed by atoms with Gasteiger partial charge in [-0.2, -0.15) is 0 Å². The summed E-state index contributed by atoms with van der Waals surface area (Å²) in [7, 11) is 1.66. The van der Waals surface area contributed by atoms with E-state index in [4.69, 9.17) is 18.6 Å². The lowest BCUT2D eigenvalue weighted by molar-refractivity contribution is 0.0662. The molecule has 7 nitrogen and oxygen atoms in total. The van der Waals surface area contributed by atoms with E-state index in [0.717, 1.165) is 48.6 Å². The number of ether oxygens (including phenoxy) is 3. The maximum Gasteiger partial charge on any atom is 0.289 e. The van der Waals surface area contributed by atoms with Crippen LogP contribution in [0.1, 0.15) is 35.4 Å². The quantitative estimate of drug-likeness (QED) is 0.852. The van der Waals surface area contributed by atoms with Crippen LogP contribution in [0.25, 0.3) is 0 Å². The third-order valence-corrected chi connectivity index (χ3v) is 5.17. The van der Waals surface area contributed by atoms with Gasteiger partial charge in [0, 0.05) is 43.7 Å². The van der Waals surface area contributed by atoms with E-state index in [-0.39, 0.29) is 11.9 Å². The summed E-state index contributed by atoms with van der Waals surface area (Å²) < 4.78 is 22.3. The Hall–Kier alpha value is -2.67. The summed E-state index contributed by atoms with van der Waals surface area (Å²) in [6.45, 7) is 3.35. The van der Waals surface area contributed by atoms with Crippen molar-refractivity contribution in [2.24, 2.45) is 0 Å². The molecule has 1 N–H and O–H groups in total. The van der Waals surface area contributed by atoms with Gasteiger partial charge < -0.3 is 28.8 Å². The first-order valence-corrected chi connectivity index (χ1v) is 9.77. The van der Waals surface area contributed by atoms with E-state index < -0.39 is 0 Å². The van der Waals surface area contributed by atoms with Gasteiger partial charge in [-0.1, -0.05) is 0 Å². The van der Waals surface area contributed by atoms with E-state index in [9.17, 15) is 4.79 Å². The Labute approximate surface area is 164 Å². The van der Waals surface area contributed by atoms with E-state index in [2.05, 4.69) is 5.32 Å². The summed E-state index contributed by atoms with van der Waals surface area (Å²) in [4.78, 5) is 14.4. The number of likely N-dealkylation sites (tertiary alicyclic amines) is 1. The molecule has 1 aromatic carbocycles. The third kappa shape index (κ3) is 4.09. The van der Waals surface area contributed by atoms with Crippen LogP contribution >= 0.6 is 0 Å². The maximum atomic E-state index is 12.5. The number of rotatable bonds is 5. The number of carbonyl (C=O) groups is 1. The Morgan fingerprint density at radius 1 is 1.25 bits per heavy atom. The van der Waals surface area contributed by atoms with Gasteiger partial charge in [0.1, 0.15) is 5.75 Å². The van der Waals surface area contributed by atoms with Crippen LogP contribution in [0.3, 0.4) is 0 Å². The Morgan fingerprint density at radius 2 is 2.07 bits per heavy atom. The fraction of sp³-hybridized carbons (Fsp3) is 0.476. The van der Waals surface area contributed by atoms with E-state index >= 15 is 0 Å². The molecule has 1 fully saturated rings. The summed E-state index contributed by atoms with van der Waals surface area (Å²) in [6.07, 6.45) is 4.38. The zero-order valence-electron chi connectivity index (χ0n) is 16.1. The van der Waals surface area contributed by atoms with Gasteiger partial charge in [0.2, 0.25) is 0 Å². The van der Waals surface area contributed by atoms with Crippen molar-refractivity contribution in [3.8, 4) is 17.2 Å². The molecule has 1 atom stereocenters. The minimum Gasteiger partial charge on any atom is -0.496 e. The largest absolute Gasteiger partial charge is 0.496 e.